The topological polar surface area (TPSA) is 86.2 Å². The molecule has 0 saturated heterocycles. The Balaban J connectivity index is 1.63. The van der Waals surface area contributed by atoms with E-state index in [9.17, 15) is 14.4 Å². The van der Waals surface area contributed by atoms with Crippen molar-refractivity contribution >= 4 is 28.4 Å². The van der Waals surface area contributed by atoms with Crippen molar-refractivity contribution in [1.82, 2.24) is 9.97 Å². The molecule has 2 aliphatic rings. The van der Waals surface area contributed by atoms with E-state index in [4.69, 9.17) is 14.7 Å². The van der Waals surface area contributed by atoms with Crippen molar-refractivity contribution in [2.45, 2.75) is 45.1 Å². The number of para-hydroxylation sites is 2. The van der Waals surface area contributed by atoms with E-state index in [1.165, 1.54) is 0 Å². The molecule has 1 heterocycles. The maximum atomic E-state index is 14.4. The van der Waals surface area contributed by atoms with E-state index in [0.717, 1.165) is 0 Å². The zero-order valence-corrected chi connectivity index (χ0v) is 21.3. The second kappa shape index (κ2) is 9.14. The van der Waals surface area contributed by atoms with Crippen molar-refractivity contribution in [1.29, 1.82) is 0 Å². The Morgan fingerprint density at radius 1 is 0.684 bits per heavy atom. The van der Waals surface area contributed by atoms with Gasteiger partial charge >= 0.3 is 0 Å². The molecule has 1 aromatic heterocycles. The zero-order chi connectivity index (χ0) is 26.4. The van der Waals surface area contributed by atoms with Crippen molar-refractivity contribution in [3.05, 3.63) is 107 Å². The number of Topliss-reactive ketones (excluding diaryl/α,β-unsaturated/α-hetero) is 3. The van der Waals surface area contributed by atoms with Crippen LogP contribution in [-0.2, 0) is 10.3 Å². The Kier molecular flexibility index (Phi) is 5.75. The van der Waals surface area contributed by atoms with Crippen LogP contribution in [0, 0.1) is 0 Å². The maximum absolute atomic E-state index is 14.4. The molecule has 0 bridgehead atoms. The molecule has 3 aromatic carbocycles. The second-order valence-corrected chi connectivity index (χ2v) is 9.72. The van der Waals surface area contributed by atoms with Gasteiger partial charge in [-0.05, 0) is 18.6 Å². The lowest BCUT2D eigenvalue weighted by Crippen LogP contribution is -2.44. The van der Waals surface area contributed by atoms with E-state index in [1.807, 2.05) is 50.2 Å². The standard InChI is InChI=1S/C32H26N2O4/c1-3-11-23-27(35)20-13-6-7-14-21(20)28(36)29(23)38-32(18-4-2)30-26(19-12-5-8-15-22(19)31(32)37)33-24-16-9-10-17-25(24)34-30/h5-10,12-17H,3-4,11,18H2,1-2H3. The number of ether oxygens (including phenoxy) is 1. The lowest BCUT2D eigenvalue weighted by atomic mass is 9.76. The summed E-state index contributed by atoms with van der Waals surface area (Å²) in [6.07, 6.45) is 1.85. The summed E-state index contributed by atoms with van der Waals surface area (Å²) in [4.78, 5) is 51.7. The predicted molar refractivity (Wildman–Crippen MR) is 144 cm³/mol. The number of carbonyl (C=O) groups is 3. The molecular weight excluding hydrogens is 476 g/mol. The lowest BCUT2D eigenvalue weighted by molar-refractivity contribution is -0.00300. The molecule has 6 nitrogen and oxygen atoms in total. The molecule has 0 amide bonds. The third-order valence-corrected chi connectivity index (χ3v) is 7.30. The SMILES string of the molecule is CCCC1=C(OC2(CCC)C(=O)c3ccccc3-c3nc4ccccc4nc32)C(=O)c2ccccc2C1=O. The third kappa shape index (κ3) is 3.44. The minimum Gasteiger partial charge on any atom is -0.468 e. The number of allylic oxidation sites excluding steroid dienone is 2. The van der Waals surface area contributed by atoms with Crippen LogP contribution in [0.4, 0.5) is 0 Å². The van der Waals surface area contributed by atoms with Gasteiger partial charge in [0.2, 0.25) is 17.2 Å². The summed E-state index contributed by atoms with van der Waals surface area (Å²) < 4.78 is 6.67. The quantitative estimate of drug-likeness (QED) is 0.294. The van der Waals surface area contributed by atoms with Gasteiger partial charge in [0, 0.05) is 34.2 Å². The summed E-state index contributed by atoms with van der Waals surface area (Å²) in [7, 11) is 0. The molecule has 0 fully saturated rings. The Hall–Kier alpha value is -4.45. The van der Waals surface area contributed by atoms with Crippen LogP contribution >= 0.6 is 0 Å². The first-order chi connectivity index (χ1) is 18.5. The average molecular weight is 503 g/mol. The molecule has 6 heteroatoms. The smallest absolute Gasteiger partial charge is 0.228 e. The summed E-state index contributed by atoms with van der Waals surface area (Å²) >= 11 is 0. The van der Waals surface area contributed by atoms with Crippen LogP contribution in [0.25, 0.3) is 22.3 Å². The molecule has 188 valence electrons. The molecule has 1 atom stereocenters. The Morgan fingerprint density at radius 2 is 1.26 bits per heavy atom. The minimum atomic E-state index is -1.61. The molecule has 38 heavy (non-hydrogen) atoms. The van der Waals surface area contributed by atoms with Crippen molar-refractivity contribution in [2.24, 2.45) is 0 Å². The van der Waals surface area contributed by atoms with Gasteiger partial charge in [0.1, 0.15) is 5.69 Å². The monoisotopic (exact) mass is 502 g/mol. The van der Waals surface area contributed by atoms with Crippen molar-refractivity contribution < 1.29 is 19.1 Å². The van der Waals surface area contributed by atoms with Gasteiger partial charge in [-0.3, -0.25) is 14.4 Å². The molecule has 0 spiro atoms. The highest BCUT2D eigenvalue weighted by atomic mass is 16.5. The number of fused-ring (bicyclic) bond motifs is 5. The highest BCUT2D eigenvalue weighted by molar-refractivity contribution is 6.26. The van der Waals surface area contributed by atoms with Crippen LogP contribution < -0.4 is 0 Å². The minimum absolute atomic E-state index is 0.0577. The fourth-order valence-corrected chi connectivity index (χ4v) is 5.58. The first kappa shape index (κ1) is 23.9. The molecule has 0 saturated carbocycles. The average Bonchev–Trinajstić information content (AvgIpc) is 2.95. The van der Waals surface area contributed by atoms with Crippen LogP contribution in [-0.4, -0.2) is 27.3 Å². The summed E-state index contributed by atoms with van der Waals surface area (Å²) in [5.41, 5.74) is 2.75. The summed E-state index contributed by atoms with van der Waals surface area (Å²) in [5, 5.41) is 0. The number of rotatable bonds is 6. The Morgan fingerprint density at radius 3 is 1.92 bits per heavy atom. The molecule has 2 aliphatic carbocycles. The molecule has 0 aliphatic heterocycles. The largest absolute Gasteiger partial charge is 0.468 e. The zero-order valence-electron chi connectivity index (χ0n) is 21.3. The fourth-order valence-electron chi connectivity index (χ4n) is 5.58. The first-order valence-electron chi connectivity index (χ1n) is 13.0. The van der Waals surface area contributed by atoms with E-state index in [0.29, 0.717) is 63.9 Å². The van der Waals surface area contributed by atoms with Gasteiger partial charge in [0.05, 0.1) is 16.7 Å². The number of ketones is 3. The number of nitrogens with zero attached hydrogens (tertiary/aromatic N) is 2. The van der Waals surface area contributed by atoms with Gasteiger partial charge in [-0.15, -0.1) is 0 Å². The van der Waals surface area contributed by atoms with Crippen LogP contribution in [0.15, 0.2) is 84.1 Å². The summed E-state index contributed by atoms with van der Waals surface area (Å²) in [6.45, 7) is 3.90. The fraction of sp³-hybridized carbons (Fsp3) is 0.219. The van der Waals surface area contributed by atoms with Crippen LogP contribution in [0.2, 0.25) is 0 Å². The van der Waals surface area contributed by atoms with Crippen molar-refractivity contribution in [3.63, 3.8) is 0 Å². The number of benzene rings is 3. The number of hydrogen-bond donors (Lipinski definition) is 0. The van der Waals surface area contributed by atoms with Gasteiger partial charge < -0.3 is 4.74 Å². The molecule has 4 aromatic rings. The van der Waals surface area contributed by atoms with Gasteiger partial charge in [0.25, 0.3) is 0 Å². The number of hydrogen-bond acceptors (Lipinski definition) is 6. The summed E-state index contributed by atoms with van der Waals surface area (Å²) in [6, 6.07) is 21.5. The molecule has 0 N–H and O–H groups in total. The molecule has 6 rings (SSSR count). The van der Waals surface area contributed by atoms with Crippen LogP contribution in [0.1, 0.15) is 76.3 Å². The number of aromatic nitrogens is 2. The van der Waals surface area contributed by atoms with E-state index in [-0.39, 0.29) is 35.1 Å². The van der Waals surface area contributed by atoms with E-state index in [2.05, 4.69) is 0 Å². The highest BCUT2D eigenvalue weighted by Gasteiger charge is 2.52. The molecular formula is C32H26N2O4. The highest BCUT2D eigenvalue weighted by Crippen LogP contribution is 2.47. The molecule has 0 radical (unpaired) electrons. The van der Waals surface area contributed by atoms with Gasteiger partial charge in [-0.1, -0.05) is 87.4 Å². The lowest BCUT2D eigenvalue weighted by Gasteiger charge is -2.38. The van der Waals surface area contributed by atoms with Gasteiger partial charge in [0.15, 0.2) is 11.5 Å². The van der Waals surface area contributed by atoms with Gasteiger partial charge in [-0.2, -0.15) is 0 Å². The first-order valence-corrected chi connectivity index (χ1v) is 13.0. The van der Waals surface area contributed by atoms with E-state index in [1.54, 1.807) is 36.4 Å². The summed E-state index contributed by atoms with van der Waals surface area (Å²) in [5.74, 6) is -0.967. The van der Waals surface area contributed by atoms with E-state index < -0.39 is 5.60 Å². The van der Waals surface area contributed by atoms with Gasteiger partial charge in [-0.25, -0.2) is 9.97 Å². The molecule has 1 unspecified atom stereocenters. The third-order valence-electron chi connectivity index (χ3n) is 7.30. The Bertz CT molecular complexity index is 1690. The van der Waals surface area contributed by atoms with Crippen LogP contribution in [0.5, 0.6) is 0 Å². The second-order valence-electron chi connectivity index (χ2n) is 9.72. The van der Waals surface area contributed by atoms with Crippen molar-refractivity contribution in [2.75, 3.05) is 0 Å². The Labute approximate surface area is 220 Å². The predicted octanol–water partition coefficient (Wildman–Crippen LogP) is 6.64. The van der Waals surface area contributed by atoms with Crippen molar-refractivity contribution in [3.8, 4) is 11.3 Å². The van der Waals surface area contributed by atoms with E-state index >= 15 is 0 Å². The number of carbonyl (C=O) groups excluding carboxylic acids is 3. The van der Waals surface area contributed by atoms with Crippen LogP contribution in [0.3, 0.4) is 0 Å². The normalized spacial score (nSPS) is 18.3. The maximum Gasteiger partial charge on any atom is 0.228 e.